The molecule has 0 saturated heterocycles. The Labute approximate surface area is 184 Å². The summed E-state index contributed by atoms with van der Waals surface area (Å²) in [5.74, 6) is 0. The van der Waals surface area contributed by atoms with Gasteiger partial charge in [0.15, 0.2) is 0 Å². The van der Waals surface area contributed by atoms with E-state index in [-0.39, 0.29) is 16.7 Å². The molecule has 2 aromatic rings. The highest BCUT2D eigenvalue weighted by molar-refractivity contribution is 8.11. The second-order valence-electron chi connectivity index (χ2n) is 6.88. The summed E-state index contributed by atoms with van der Waals surface area (Å²) in [5, 5.41) is 3.93. The van der Waals surface area contributed by atoms with Crippen molar-refractivity contribution in [3.8, 4) is 11.1 Å². The van der Waals surface area contributed by atoms with E-state index in [1.807, 2.05) is 0 Å². The predicted molar refractivity (Wildman–Crippen MR) is 106 cm³/mol. The number of hydrogen-bond donors (Lipinski definition) is 0. The summed E-state index contributed by atoms with van der Waals surface area (Å²) < 4.78 is 126. The second-order valence-corrected chi connectivity index (χ2v) is 10.7. The molecule has 0 amide bonds. The minimum Gasteiger partial charge on any atom is -0.267 e. The molecule has 0 bridgehead atoms. The smallest absolute Gasteiger partial charge is 0.267 e. The molecule has 0 unspecified atom stereocenters. The monoisotopic (exact) mass is 521 g/mol. The largest absolute Gasteiger partial charge is 0.517 e. The van der Waals surface area contributed by atoms with Crippen LogP contribution in [-0.4, -0.2) is 37.6 Å². The molecule has 0 aliphatic heterocycles. The van der Waals surface area contributed by atoms with Gasteiger partial charge in [0, 0.05) is 7.05 Å². The van der Waals surface area contributed by atoms with Gasteiger partial charge in [0.1, 0.15) is 0 Å². The molecule has 0 radical (unpaired) electrons. The summed E-state index contributed by atoms with van der Waals surface area (Å²) in [4.78, 5) is 12.6. The Balaban J connectivity index is 3.04. The Bertz CT molecular complexity index is 1320. The van der Waals surface area contributed by atoms with E-state index in [0.717, 1.165) is 17.7 Å². The fourth-order valence-corrected chi connectivity index (χ4v) is 5.77. The summed E-state index contributed by atoms with van der Waals surface area (Å²) in [7, 11) is -12.9. The number of anilines is 1. The van der Waals surface area contributed by atoms with Crippen LogP contribution in [0, 0.1) is 13.8 Å². The van der Waals surface area contributed by atoms with E-state index in [2.05, 4.69) is 5.10 Å². The first-order valence-corrected chi connectivity index (χ1v) is 11.8. The average molecular weight is 521 g/mol. The normalized spacial score (nSPS) is 13.3. The minimum atomic E-state index is -7.07. The molecule has 0 fully saturated rings. The van der Waals surface area contributed by atoms with Crippen molar-refractivity contribution in [1.29, 1.82) is 0 Å². The number of hydrogen-bond acceptors (Lipinski definition) is 6. The van der Waals surface area contributed by atoms with Crippen molar-refractivity contribution in [2.75, 3.05) is 3.71 Å². The van der Waals surface area contributed by atoms with Crippen LogP contribution in [0.1, 0.15) is 23.7 Å². The molecule has 1 aromatic carbocycles. The standard InChI is InChI=1S/C17H17F6N3O5S2/c1-5-11-7-13(15(27)25(4)24-11)12-8-14(10(3)6-9(12)2)26(32(28,29)16(18,19)20)33(30,31)17(21,22)23/h6-8H,5H2,1-4H3. The fourth-order valence-electron chi connectivity index (χ4n) is 2.94. The summed E-state index contributed by atoms with van der Waals surface area (Å²) in [6, 6.07) is 2.69. The molecule has 33 heavy (non-hydrogen) atoms. The van der Waals surface area contributed by atoms with Crippen molar-refractivity contribution in [2.45, 2.75) is 38.2 Å². The molecule has 0 spiro atoms. The third-order valence-electron chi connectivity index (χ3n) is 4.53. The number of halogens is 6. The molecule has 0 aliphatic carbocycles. The Morgan fingerprint density at radius 2 is 1.36 bits per heavy atom. The molecule has 2 rings (SSSR count). The van der Waals surface area contributed by atoms with Crippen LogP contribution < -0.4 is 9.27 Å². The van der Waals surface area contributed by atoms with E-state index in [1.165, 1.54) is 20.0 Å². The molecule has 1 aromatic heterocycles. The lowest BCUT2D eigenvalue weighted by molar-refractivity contribution is -0.0462. The van der Waals surface area contributed by atoms with Crippen molar-refractivity contribution in [1.82, 2.24) is 9.78 Å². The lowest BCUT2D eigenvalue weighted by atomic mass is 9.98. The van der Waals surface area contributed by atoms with Gasteiger partial charge in [-0.25, -0.2) is 4.68 Å². The van der Waals surface area contributed by atoms with Gasteiger partial charge in [0.2, 0.25) is 0 Å². The van der Waals surface area contributed by atoms with Crippen molar-refractivity contribution < 1.29 is 43.2 Å². The van der Waals surface area contributed by atoms with E-state index in [1.54, 1.807) is 6.92 Å². The average Bonchev–Trinajstić information content (AvgIpc) is 2.64. The number of aryl methyl sites for hydroxylation is 4. The van der Waals surface area contributed by atoms with Crippen LogP contribution in [0.5, 0.6) is 0 Å². The topological polar surface area (TPSA) is 106 Å². The second kappa shape index (κ2) is 8.30. The lowest BCUT2D eigenvalue weighted by Crippen LogP contribution is -2.49. The first-order valence-electron chi connectivity index (χ1n) is 8.89. The number of benzene rings is 1. The highest BCUT2D eigenvalue weighted by Gasteiger charge is 2.62. The Morgan fingerprint density at radius 3 is 1.79 bits per heavy atom. The molecule has 184 valence electrons. The molecule has 0 atom stereocenters. The SMILES string of the molecule is CCc1cc(-c2cc(N(S(=O)(=O)C(F)(F)F)S(=O)(=O)C(F)(F)F)c(C)cc2C)c(=O)n(C)n1. The Morgan fingerprint density at radius 1 is 0.879 bits per heavy atom. The highest BCUT2D eigenvalue weighted by Crippen LogP contribution is 2.41. The molecular weight excluding hydrogens is 504 g/mol. The quantitative estimate of drug-likeness (QED) is 0.560. The molecular formula is C17H17F6N3O5S2. The Hall–Kier alpha value is -2.62. The predicted octanol–water partition coefficient (Wildman–Crippen LogP) is 3.13. The Kier molecular flexibility index (Phi) is 6.70. The highest BCUT2D eigenvalue weighted by atomic mass is 32.3. The van der Waals surface area contributed by atoms with E-state index in [9.17, 15) is 48.0 Å². The van der Waals surface area contributed by atoms with E-state index < -0.39 is 51.6 Å². The molecule has 16 heteroatoms. The van der Waals surface area contributed by atoms with Gasteiger partial charge in [-0.1, -0.05) is 13.0 Å². The zero-order valence-electron chi connectivity index (χ0n) is 17.4. The van der Waals surface area contributed by atoms with Gasteiger partial charge in [0.05, 0.1) is 16.9 Å². The number of nitrogens with zero attached hydrogens (tertiary/aromatic N) is 3. The number of rotatable bonds is 5. The number of alkyl halides is 6. The lowest BCUT2D eigenvalue weighted by Gasteiger charge is -2.27. The van der Waals surface area contributed by atoms with Gasteiger partial charge in [-0.2, -0.15) is 48.3 Å². The van der Waals surface area contributed by atoms with Gasteiger partial charge in [-0.05, 0) is 49.1 Å². The maximum absolute atomic E-state index is 13.2. The van der Waals surface area contributed by atoms with Crippen LogP contribution in [-0.2, 0) is 33.5 Å². The van der Waals surface area contributed by atoms with Gasteiger partial charge in [-0.15, -0.1) is 3.71 Å². The molecule has 8 nitrogen and oxygen atoms in total. The summed E-state index contributed by atoms with van der Waals surface area (Å²) in [6.45, 7) is 3.95. The molecule has 0 N–H and O–H groups in total. The first kappa shape index (κ1) is 26.6. The van der Waals surface area contributed by atoms with Crippen LogP contribution in [0.25, 0.3) is 11.1 Å². The fraction of sp³-hybridized carbons (Fsp3) is 0.412. The third kappa shape index (κ3) is 4.58. The van der Waals surface area contributed by atoms with E-state index in [0.29, 0.717) is 18.2 Å². The summed E-state index contributed by atoms with van der Waals surface area (Å²) in [5.41, 5.74) is -15.5. The van der Waals surface area contributed by atoms with Crippen LogP contribution in [0.3, 0.4) is 0 Å². The zero-order chi connectivity index (χ0) is 25.7. The molecule has 0 aliphatic rings. The van der Waals surface area contributed by atoms with Gasteiger partial charge < -0.3 is 0 Å². The van der Waals surface area contributed by atoms with E-state index >= 15 is 0 Å². The van der Waals surface area contributed by atoms with Crippen molar-refractivity contribution in [3.05, 3.63) is 45.4 Å². The first-order chi connectivity index (χ1) is 14.8. The van der Waals surface area contributed by atoms with Crippen LogP contribution in [0.2, 0.25) is 0 Å². The van der Waals surface area contributed by atoms with Gasteiger partial charge in [0.25, 0.3) is 5.56 Å². The van der Waals surface area contributed by atoms with E-state index in [4.69, 9.17) is 0 Å². The number of aromatic nitrogens is 2. The minimum absolute atomic E-state index is 0.162. The summed E-state index contributed by atoms with van der Waals surface area (Å²) >= 11 is 0. The van der Waals surface area contributed by atoms with Crippen LogP contribution in [0.15, 0.2) is 23.0 Å². The molecule has 0 saturated carbocycles. The molecule has 1 heterocycles. The van der Waals surface area contributed by atoms with Crippen molar-refractivity contribution in [3.63, 3.8) is 0 Å². The van der Waals surface area contributed by atoms with Crippen LogP contribution >= 0.6 is 0 Å². The maximum atomic E-state index is 13.2. The number of sulfonamides is 2. The zero-order valence-corrected chi connectivity index (χ0v) is 19.0. The van der Waals surface area contributed by atoms with Crippen molar-refractivity contribution >= 4 is 25.7 Å². The summed E-state index contributed by atoms with van der Waals surface area (Å²) in [6.07, 6.45) is 0.302. The van der Waals surface area contributed by atoms with Crippen LogP contribution in [0.4, 0.5) is 32.0 Å². The van der Waals surface area contributed by atoms with Crippen molar-refractivity contribution in [2.24, 2.45) is 7.05 Å². The van der Waals surface area contributed by atoms with Gasteiger partial charge in [-0.3, -0.25) is 4.79 Å². The van der Waals surface area contributed by atoms with Gasteiger partial charge >= 0.3 is 31.1 Å². The third-order valence-corrected chi connectivity index (χ3v) is 8.14. The maximum Gasteiger partial charge on any atom is 0.517 e.